The van der Waals surface area contributed by atoms with E-state index in [4.69, 9.17) is 0 Å². The van der Waals surface area contributed by atoms with E-state index >= 15 is 0 Å². The van der Waals surface area contributed by atoms with Crippen LogP contribution in [-0.4, -0.2) is 16.6 Å². The molecular formula is C12H15N3. The van der Waals surface area contributed by atoms with Gasteiger partial charge in [-0.2, -0.15) is 0 Å². The Hall–Kier alpha value is -1.61. The summed E-state index contributed by atoms with van der Waals surface area (Å²) in [6.45, 7) is 3.00. The first kappa shape index (κ1) is 9.93. The van der Waals surface area contributed by atoms with E-state index in [0.717, 1.165) is 6.54 Å². The molecule has 0 bridgehead atoms. The second-order valence-electron chi connectivity index (χ2n) is 3.62. The van der Waals surface area contributed by atoms with Crippen LogP contribution in [0.25, 0.3) is 5.69 Å². The fourth-order valence-electron chi connectivity index (χ4n) is 1.65. The van der Waals surface area contributed by atoms with Crippen molar-refractivity contribution >= 4 is 0 Å². The van der Waals surface area contributed by atoms with Crippen molar-refractivity contribution < 1.29 is 0 Å². The summed E-state index contributed by atoms with van der Waals surface area (Å²) in [5.74, 6) is 0. The summed E-state index contributed by atoms with van der Waals surface area (Å²) >= 11 is 0. The Kier molecular flexibility index (Phi) is 2.83. The minimum absolute atomic E-state index is 0.891. The standard InChI is InChI=1S/C12H15N3/c1-10-3-4-11(8-13-2)7-12(10)15-6-5-14-9-15/h3-7,9,13H,8H2,1-2H3. The van der Waals surface area contributed by atoms with Crippen molar-refractivity contribution in [3.8, 4) is 5.69 Å². The fourth-order valence-corrected chi connectivity index (χ4v) is 1.65. The van der Waals surface area contributed by atoms with E-state index < -0.39 is 0 Å². The Bertz CT molecular complexity index is 432. The van der Waals surface area contributed by atoms with Crippen molar-refractivity contribution in [3.05, 3.63) is 48.0 Å². The van der Waals surface area contributed by atoms with E-state index in [9.17, 15) is 0 Å². The summed E-state index contributed by atoms with van der Waals surface area (Å²) in [5, 5.41) is 3.15. The van der Waals surface area contributed by atoms with E-state index in [-0.39, 0.29) is 0 Å². The molecule has 0 saturated heterocycles. The predicted molar refractivity (Wildman–Crippen MR) is 61.1 cm³/mol. The van der Waals surface area contributed by atoms with Crippen molar-refractivity contribution in [3.63, 3.8) is 0 Å². The van der Waals surface area contributed by atoms with Gasteiger partial charge in [-0.05, 0) is 31.2 Å². The first-order chi connectivity index (χ1) is 7.31. The van der Waals surface area contributed by atoms with Crippen LogP contribution in [-0.2, 0) is 6.54 Å². The van der Waals surface area contributed by atoms with Crippen LogP contribution in [0.15, 0.2) is 36.9 Å². The Balaban J connectivity index is 2.41. The Morgan fingerprint density at radius 2 is 2.27 bits per heavy atom. The molecule has 0 atom stereocenters. The molecule has 0 amide bonds. The van der Waals surface area contributed by atoms with Crippen molar-refractivity contribution in [1.82, 2.24) is 14.9 Å². The molecule has 1 N–H and O–H groups in total. The first-order valence-corrected chi connectivity index (χ1v) is 5.03. The van der Waals surface area contributed by atoms with Gasteiger partial charge in [-0.25, -0.2) is 4.98 Å². The molecule has 0 spiro atoms. The van der Waals surface area contributed by atoms with E-state index in [1.165, 1.54) is 16.8 Å². The zero-order valence-corrected chi connectivity index (χ0v) is 9.07. The summed E-state index contributed by atoms with van der Waals surface area (Å²) in [7, 11) is 1.96. The largest absolute Gasteiger partial charge is 0.316 e. The lowest BCUT2D eigenvalue weighted by Crippen LogP contribution is -2.06. The van der Waals surface area contributed by atoms with Gasteiger partial charge >= 0.3 is 0 Å². The van der Waals surface area contributed by atoms with E-state index in [1.807, 2.05) is 24.1 Å². The number of benzene rings is 1. The Morgan fingerprint density at radius 1 is 1.40 bits per heavy atom. The van der Waals surface area contributed by atoms with Crippen LogP contribution in [0.5, 0.6) is 0 Å². The molecule has 78 valence electrons. The molecule has 0 saturated carbocycles. The highest BCUT2D eigenvalue weighted by Gasteiger charge is 2.01. The minimum Gasteiger partial charge on any atom is -0.316 e. The van der Waals surface area contributed by atoms with Gasteiger partial charge in [0.15, 0.2) is 0 Å². The molecule has 1 aromatic heterocycles. The SMILES string of the molecule is CNCc1ccc(C)c(-n2ccnc2)c1. The van der Waals surface area contributed by atoms with Crippen LogP contribution >= 0.6 is 0 Å². The summed E-state index contributed by atoms with van der Waals surface area (Å²) in [6.07, 6.45) is 5.58. The fraction of sp³-hybridized carbons (Fsp3) is 0.250. The van der Waals surface area contributed by atoms with E-state index in [0.29, 0.717) is 0 Å². The van der Waals surface area contributed by atoms with E-state index in [1.54, 1.807) is 6.20 Å². The molecule has 1 aromatic carbocycles. The van der Waals surface area contributed by atoms with Crippen LogP contribution < -0.4 is 5.32 Å². The highest BCUT2D eigenvalue weighted by atomic mass is 15.0. The summed E-state index contributed by atoms with van der Waals surface area (Å²) in [5.41, 5.74) is 3.74. The average Bonchev–Trinajstić information content (AvgIpc) is 2.74. The number of aromatic nitrogens is 2. The van der Waals surface area contributed by atoms with Crippen molar-refractivity contribution in [2.24, 2.45) is 0 Å². The third-order valence-corrected chi connectivity index (χ3v) is 2.44. The van der Waals surface area contributed by atoms with Gasteiger partial charge < -0.3 is 9.88 Å². The zero-order valence-electron chi connectivity index (χ0n) is 9.07. The molecule has 0 fully saturated rings. The molecule has 3 heteroatoms. The highest BCUT2D eigenvalue weighted by molar-refractivity contribution is 5.43. The molecule has 3 nitrogen and oxygen atoms in total. The van der Waals surface area contributed by atoms with Gasteiger partial charge in [-0.3, -0.25) is 0 Å². The van der Waals surface area contributed by atoms with Gasteiger partial charge in [0.2, 0.25) is 0 Å². The lowest BCUT2D eigenvalue weighted by atomic mass is 10.1. The minimum atomic E-state index is 0.891. The molecule has 1 heterocycles. The van der Waals surface area contributed by atoms with Crippen LogP contribution in [0, 0.1) is 6.92 Å². The highest BCUT2D eigenvalue weighted by Crippen LogP contribution is 2.15. The molecule has 2 rings (SSSR count). The Morgan fingerprint density at radius 3 is 2.93 bits per heavy atom. The zero-order chi connectivity index (χ0) is 10.7. The summed E-state index contributed by atoms with van der Waals surface area (Å²) < 4.78 is 2.04. The smallest absolute Gasteiger partial charge is 0.0991 e. The van der Waals surface area contributed by atoms with Gasteiger partial charge in [0, 0.05) is 24.6 Å². The van der Waals surface area contributed by atoms with E-state index in [2.05, 4.69) is 35.4 Å². The number of hydrogen-bond donors (Lipinski definition) is 1. The molecule has 0 radical (unpaired) electrons. The van der Waals surface area contributed by atoms with Gasteiger partial charge in [-0.15, -0.1) is 0 Å². The first-order valence-electron chi connectivity index (χ1n) is 5.03. The molecule has 0 aliphatic heterocycles. The average molecular weight is 201 g/mol. The number of nitrogens with zero attached hydrogens (tertiary/aromatic N) is 2. The van der Waals surface area contributed by atoms with Crippen molar-refractivity contribution in [2.45, 2.75) is 13.5 Å². The maximum absolute atomic E-state index is 4.06. The Labute approximate surface area is 89.8 Å². The van der Waals surface area contributed by atoms with Crippen molar-refractivity contribution in [2.75, 3.05) is 7.05 Å². The van der Waals surface area contributed by atoms with Crippen LogP contribution in [0.4, 0.5) is 0 Å². The normalized spacial score (nSPS) is 10.5. The summed E-state index contributed by atoms with van der Waals surface area (Å²) in [4.78, 5) is 4.06. The molecule has 2 aromatic rings. The predicted octanol–water partition coefficient (Wildman–Crippen LogP) is 1.90. The number of aryl methyl sites for hydroxylation is 1. The lowest BCUT2D eigenvalue weighted by Gasteiger charge is -2.09. The third kappa shape index (κ3) is 2.07. The lowest BCUT2D eigenvalue weighted by molar-refractivity contribution is 0.815. The molecule has 0 aliphatic carbocycles. The molecular weight excluding hydrogens is 186 g/mol. The second-order valence-corrected chi connectivity index (χ2v) is 3.62. The number of rotatable bonds is 3. The van der Waals surface area contributed by atoms with Crippen LogP contribution in [0.1, 0.15) is 11.1 Å². The topological polar surface area (TPSA) is 29.9 Å². The van der Waals surface area contributed by atoms with Gasteiger partial charge in [-0.1, -0.05) is 12.1 Å². The third-order valence-electron chi connectivity index (χ3n) is 2.44. The van der Waals surface area contributed by atoms with Gasteiger partial charge in [0.1, 0.15) is 0 Å². The molecule has 0 unspecified atom stereocenters. The van der Waals surface area contributed by atoms with Gasteiger partial charge in [0.25, 0.3) is 0 Å². The maximum Gasteiger partial charge on any atom is 0.0991 e. The number of nitrogens with one attached hydrogen (secondary N) is 1. The van der Waals surface area contributed by atoms with Gasteiger partial charge in [0.05, 0.1) is 6.33 Å². The number of hydrogen-bond acceptors (Lipinski definition) is 2. The second kappa shape index (κ2) is 4.28. The maximum atomic E-state index is 4.06. The van der Waals surface area contributed by atoms with Crippen LogP contribution in [0.2, 0.25) is 0 Å². The monoisotopic (exact) mass is 201 g/mol. The molecule has 0 aliphatic rings. The summed E-state index contributed by atoms with van der Waals surface area (Å²) in [6, 6.07) is 6.47. The van der Waals surface area contributed by atoms with Crippen LogP contribution in [0.3, 0.4) is 0 Å². The quantitative estimate of drug-likeness (QED) is 0.822. The number of imidazole rings is 1. The molecule has 15 heavy (non-hydrogen) atoms. The van der Waals surface area contributed by atoms with Crippen molar-refractivity contribution in [1.29, 1.82) is 0 Å².